The van der Waals surface area contributed by atoms with Crippen LogP contribution in [0.4, 0.5) is 4.39 Å². The van der Waals surface area contributed by atoms with Crippen molar-refractivity contribution in [2.24, 2.45) is 0 Å². The van der Waals surface area contributed by atoms with Crippen molar-refractivity contribution in [3.05, 3.63) is 71.4 Å². The largest absolute Gasteiger partial charge is 0.352 e. The molecule has 3 heterocycles. The molecule has 7 heteroatoms. The van der Waals surface area contributed by atoms with Crippen molar-refractivity contribution in [1.29, 1.82) is 0 Å². The molecule has 3 aromatic rings. The lowest BCUT2D eigenvalue weighted by molar-refractivity contribution is -0.116. The first-order valence-corrected chi connectivity index (χ1v) is 9.09. The van der Waals surface area contributed by atoms with Gasteiger partial charge in [-0.05, 0) is 48.2 Å². The van der Waals surface area contributed by atoms with E-state index in [2.05, 4.69) is 20.6 Å². The Morgan fingerprint density at radius 1 is 1.32 bits per heavy atom. The van der Waals surface area contributed by atoms with Gasteiger partial charge in [-0.25, -0.2) is 4.39 Å². The van der Waals surface area contributed by atoms with Gasteiger partial charge in [-0.2, -0.15) is 0 Å². The second-order valence-corrected chi connectivity index (χ2v) is 6.64. The van der Waals surface area contributed by atoms with E-state index in [0.29, 0.717) is 53.7 Å². The number of hydrogen-bond acceptors (Lipinski definition) is 3. The molecule has 28 heavy (non-hydrogen) atoms. The Labute approximate surface area is 160 Å². The molecule has 0 saturated carbocycles. The molecular formula is C21H19FN4O2. The van der Waals surface area contributed by atoms with Crippen LogP contribution in [0.25, 0.3) is 16.5 Å². The number of H-pyrrole nitrogens is 1. The second kappa shape index (κ2) is 7.64. The quantitative estimate of drug-likeness (QED) is 0.610. The number of hydrogen-bond donors (Lipinski definition) is 3. The van der Waals surface area contributed by atoms with Crippen molar-refractivity contribution in [3.8, 4) is 0 Å². The number of rotatable bonds is 4. The summed E-state index contributed by atoms with van der Waals surface area (Å²) in [6.45, 7) is 0.883. The van der Waals surface area contributed by atoms with E-state index in [1.54, 1.807) is 18.5 Å². The van der Waals surface area contributed by atoms with Gasteiger partial charge in [0.25, 0.3) is 5.91 Å². The zero-order valence-electron chi connectivity index (χ0n) is 15.1. The number of fused-ring (bicyclic) bond motifs is 3. The van der Waals surface area contributed by atoms with Gasteiger partial charge in [0.2, 0.25) is 5.91 Å². The molecule has 142 valence electrons. The van der Waals surface area contributed by atoms with E-state index in [0.717, 1.165) is 5.56 Å². The van der Waals surface area contributed by atoms with Crippen LogP contribution >= 0.6 is 0 Å². The first kappa shape index (κ1) is 17.9. The maximum absolute atomic E-state index is 13.8. The Morgan fingerprint density at radius 3 is 3.04 bits per heavy atom. The van der Waals surface area contributed by atoms with Gasteiger partial charge in [-0.15, -0.1) is 0 Å². The van der Waals surface area contributed by atoms with Gasteiger partial charge in [0.15, 0.2) is 0 Å². The molecule has 4 rings (SSSR count). The fourth-order valence-corrected chi connectivity index (χ4v) is 3.42. The van der Waals surface area contributed by atoms with Crippen LogP contribution in [0.3, 0.4) is 0 Å². The van der Waals surface area contributed by atoms with Gasteiger partial charge < -0.3 is 15.6 Å². The Bertz CT molecular complexity index is 1070. The van der Waals surface area contributed by atoms with Gasteiger partial charge in [-0.1, -0.05) is 6.07 Å². The van der Waals surface area contributed by atoms with Crippen LogP contribution in [-0.2, 0) is 11.2 Å². The Kier molecular flexibility index (Phi) is 4.89. The summed E-state index contributed by atoms with van der Waals surface area (Å²) in [4.78, 5) is 31.9. The SMILES string of the molecule is O=C(C=C1CCNC(=O)c2[nH]c3ccc(F)cc3c21)NCCc1cccnc1. The predicted octanol–water partition coefficient (Wildman–Crippen LogP) is 2.58. The highest BCUT2D eigenvalue weighted by molar-refractivity contribution is 6.10. The van der Waals surface area contributed by atoms with E-state index in [1.165, 1.54) is 18.2 Å². The van der Waals surface area contributed by atoms with E-state index >= 15 is 0 Å². The lowest BCUT2D eigenvalue weighted by Crippen LogP contribution is -2.24. The van der Waals surface area contributed by atoms with Crippen molar-refractivity contribution >= 4 is 28.3 Å². The minimum absolute atomic E-state index is 0.245. The Hall–Kier alpha value is -3.48. The number of carbonyl (C=O) groups excluding carboxylic acids is 2. The minimum atomic E-state index is -0.390. The van der Waals surface area contributed by atoms with Crippen LogP contribution < -0.4 is 10.6 Å². The normalized spacial score (nSPS) is 15.2. The fourth-order valence-electron chi connectivity index (χ4n) is 3.42. The number of carbonyl (C=O) groups is 2. The zero-order valence-corrected chi connectivity index (χ0v) is 15.1. The van der Waals surface area contributed by atoms with Crippen molar-refractivity contribution in [2.45, 2.75) is 12.8 Å². The third-order valence-corrected chi connectivity index (χ3v) is 4.73. The standard InChI is InChI=1S/C21H19FN4O2/c22-15-3-4-17-16(11-15)19-14(6-9-25-21(28)20(19)26-17)10-18(27)24-8-5-13-2-1-7-23-12-13/h1-4,7,10-12,26H,5-6,8-9H2,(H,24,27)(H,25,28). The number of aromatic nitrogens is 2. The summed E-state index contributed by atoms with van der Waals surface area (Å²) in [6, 6.07) is 8.12. The van der Waals surface area contributed by atoms with Gasteiger partial charge in [0, 0.05) is 48.0 Å². The van der Waals surface area contributed by atoms with Crippen LogP contribution in [0.5, 0.6) is 0 Å². The summed E-state index contributed by atoms with van der Waals surface area (Å²) in [5, 5.41) is 6.26. The number of nitrogens with zero attached hydrogens (tertiary/aromatic N) is 1. The number of aromatic amines is 1. The molecule has 2 aromatic heterocycles. The van der Waals surface area contributed by atoms with Gasteiger partial charge in [0.05, 0.1) is 0 Å². The molecular weight excluding hydrogens is 359 g/mol. The highest BCUT2D eigenvalue weighted by Crippen LogP contribution is 2.32. The third kappa shape index (κ3) is 3.64. The molecule has 0 fully saturated rings. The summed E-state index contributed by atoms with van der Waals surface area (Å²) in [6.07, 6.45) is 6.13. The lowest BCUT2D eigenvalue weighted by Gasteiger charge is -2.07. The van der Waals surface area contributed by atoms with Crippen molar-refractivity contribution in [3.63, 3.8) is 0 Å². The molecule has 6 nitrogen and oxygen atoms in total. The average molecular weight is 378 g/mol. The van der Waals surface area contributed by atoms with Crippen LogP contribution in [-0.4, -0.2) is 34.9 Å². The molecule has 0 atom stereocenters. The molecule has 3 N–H and O–H groups in total. The van der Waals surface area contributed by atoms with Crippen LogP contribution in [0, 0.1) is 5.82 Å². The molecule has 1 aliphatic heterocycles. The summed E-state index contributed by atoms with van der Waals surface area (Å²) >= 11 is 0. The van der Waals surface area contributed by atoms with Crippen LogP contribution in [0.15, 0.2) is 48.8 Å². The van der Waals surface area contributed by atoms with E-state index in [-0.39, 0.29) is 17.6 Å². The number of nitrogens with one attached hydrogen (secondary N) is 3. The first-order valence-electron chi connectivity index (χ1n) is 9.09. The Morgan fingerprint density at radius 2 is 2.21 bits per heavy atom. The maximum Gasteiger partial charge on any atom is 0.268 e. The fraction of sp³-hybridized carbons (Fsp3) is 0.190. The number of halogens is 1. The van der Waals surface area contributed by atoms with Gasteiger partial charge in [-0.3, -0.25) is 14.6 Å². The van der Waals surface area contributed by atoms with E-state index in [9.17, 15) is 14.0 Å². The van der Waals surface area contributed by atoms with Crippen molar-refractivity contribution in [1.82, 2.24) is 20.6 Å². The highest BCUT2D eigenvalue weighted by Gasteiger charge is 2.24. The summed E-state index contributed by atoms with van der Waals surface area (Å²) in [5.74, 6) is -0.892. The van der Waals surface area contributed by atoms with E-state index in [4.69, 9.17) is 0 Å². The van der Waals surface area contributed by atoms with E-state index < -0.39 is 0 Å². The molecule has 2 amide bonds. The molecule has 0 radical (unpaired) electrons. The number of pyridine rings is 1. The lowest BCUT2D eigenvalue weighted by atomic mass is 9.99. The first-order chi connectivity index (χ1) is 13.6. The molecule has 1 aromatic carbocycles. The highest BCUT2D eigenvalue weighted by atomic mass is 19.1. The second-order valence-electron chi connectivity index (χ2n) is 6.64. The number of benzene rings is 1. The van der Waals surface area contributed by atoms with Crippen molar-refractivity contribution < 1.29 is 14.0 Å². The zero-order chi connectivity index (χ0) is 19.5. The molecule has 0 unspecified atom stereocenters. The topological polar surface area (TPSA) is 86.9 Å². The van der Waals surface area contributed by atoms with Gasteiger partial charge >= 0.3 is 0 Å². The minimum Gasteiger partial charge on any atom is -0.352 e. The van der Waals surface area contributed by atoms with E-state index in [1.807, 2.05) is 12.1 Å². The number of amides is 2. The Balaban J connectivity index is 1.59. The van der Waals surface area contributed by atoms with Gasteiger partial charge in [0.1, 0.15) is 11.5 Å². The third-order valence-electron chi connectivity index (χ3n) is 4.73. The predicted molar refractivity (Wildman–Crippen MR) is 104 cm³/mol. The van der Waals surface area contributed by atoms with Crippen LogP contribution in [0.2, 0.25) is 0 Å². The maximum atomic E-state index is 13.8. The average Bonchev–Trinajstić information content (AvgIpc) is 2.99. The monoisotopic (exact) mass is 378 g/mol. The molecule has 0 saturated heterocycles. The molecule has 1 aliphatic rings. The van der Waals surface area contributed by atoms with Crippen LogP contribution in [0.1, 0.15) is 28.0 Å². The van der Waals surface area contributed by atoms with Crippen molar-refractivity contribution in [2.75, 3.05) is 13.1 Å². The molecule has 0 bridgehead atoms. The summed E-state index contributed by atoms with van der Waals surface area (Å²) in [7, 11) is 0. The molecule has 0 spiro atoms. The smallest absolute Gasteiger partial charge is 0.268 e. The molecule has 0 aliphatic carbocycles. The summed E-state index contributed by atoms with van der Waals surface area (Å²) in [5.41, 5.74) is 3.34. The summed E-state index contributed by atoms with van der Waals surface area (Å²) < 4.78 is 13.8.